The molecule has 1 aliphatic rings. The Morgan fingerprint density at radius 3 is 2.15 bits per heavy atom. The molecule has 1 aliphatic carbocycles. The zero-order valence-electron chi connectivity index (χ0n) is 17.4. The Balaban J connectivity index is 2.35. The van der Waals surface area contributed by atoms with E-state index in [0.717, 1.165) is 35.5 Å². The Hall–Kier alpha value is -2.15. The molecule has 2 amide bonds. The monoisotopic (exact) mass is 377 g/mol. The van der Waals surface area contributed by atoms with Gasteiger partial charge in [-0.2, -0.15) is 5.01 Å². The van der Waals surface area contributed by atoms with Gasteiger partial charge in [0.2, 0.25) is 0 Å². The van der Waals surface area contributed by atoms with Crippen LogP contribution in [0.25, 0.3) is 0 Å². The number of pyridine rings is 1. The number of carbonyl (C=O) groups is 2. The molecule has 0 bridgehead atoms. The fourth-order valence-corrected chi connectivity index (χ4v) is 3.03. The van der Waals surface area contributed by atoms with E-state index in [1.807, 2.05) is 12.1 Å². The predicted octanol–water partition coefficient (Wildman–Crippen LogP) is 4.48. The minimum Gasteiger partial charge on any atom is -0.442 e. The molecule has 1 aromatic rings. The van der Waals surface area contributed by atoms with Gasteiger partial charge >= 0.3 is 12.2 Å². The topological polar surface area (TPSA) is 72.0 Å². The van der Waals surface area contributed by atoms with Crippen LogP contribution >= 0.6 is 0 Å². The number of ether oxygens (including phenoxy) is 2. The Labute approximate surface area is 161 Å². The number of aryl methyl sites for hydroxylation is 1. The van der Waals surface area contributed by atoms with E-state index in [0.29, 0.717) is 0 Å². The number of rotatable bonds is 2. The highest BCUT2D eigenvalue weighted by Gasteiger charge is 2.39. The maximum atomic E-state index is 12.8. The molecular formula is C20H31N3O4. The Morgan fingerprint density at radius 1 is 1.07 bits per heavy atom. The molecule has 0 saturated carbocycles. The van der Waals surface area contributed by atoms with Crippen molar-refractivity contribution in [3.8, 4) is 0 Å². The van der Waals surface area contributed by atoms with Gasteiger partial charge in [-0.3, -0.25) is 4.98 Å². The summed E-state index contributed by atoms with van der Waals surface area (Å²) in [5.74, 6) is 0. The fraction of sp³-hybridized carbons (Fsp3) is 0.650. The lowest BCUT2D eigenvalue weighted by Crippen LogP contribution is -2.53. The quantitative estimate of drug-likeness (QED) is 0.708. The minimum absolute atomic E-state index is 0.213. The van der Waals surface area contributed by atoms with Crippen LogP contribution in [0.1, 0.15) is 71.7 Å². The molecule has 0 radical (unpaired) electrons. The maximum absolute atomic E-state index is 12.8. The number of fused-ring (bicyclic) bond motifs is 1. The summed E-state index contributed by atoms with van der Waals surface area (Å²) < 4.78 is 10.9. The van der Waals surface area contributed by atoms with Crippen LogP contribution in [-0.2, 0) is 15.9 Å². The number of imide groups is 1. The number of amides is 2. The summed E-state index contributed by atoms with van der Waals surface area (Å²) in [5, 5.41) is 2.54. The van der Waals surface area contributed by atoms with Crippen molar-refractivity contribution < 1.29 is 19.1 Å². The Bertz CT molecular complexity index is 663. The number of nitrogens with zero attached hydrogens (tertiary/aromatic N) is 3. The summed E-state index contributed by atoms with van der Waals surface area (Å²) in [5.41, 5.74) is 0.541. The van der Waals surface area contributed by atoms with Crippen molar-refractivity contribution in [2.75, 3.05) is 7.05 Å². The predicted molar refractivity (Wildman–Crippen MR) is 102 cm³/mol. The Kier molecular flexibility index (Phi) is 6.14. The summed E-state index contributed by atoms with van der Waals surface area (Å²) in [7, 11) is 1.70. The molecule has 1 aromatic heterocycles. The van der Waals surface area contributed by atoms with E-state index in [1.165, 1.54) is 0 Å². The van der Waals surface area contributed by atoms with Gasteiger partial charge in [-0.25, -0.2) is 9.59 Å². The number of hydrogen-bond donors (Lipinski definition) is 0. The van der Waals surface area contributed by atoms with Gasteiger partial charge in [-0.15, -0.1) is 5.01 Å². The van der Waals surface area contributed by atoms with Crippen molar-refractivity contribution in [3.63, 3.8) is 0 Å². The molecule has 0 spiro atoms. The van der Waals surface area contributed by atoms with E-state index in [-0.39, 0.29) is 6.04 Å². The van der Waals surface area contributed by atoms with Crippen molar-refractivity contribution in [1.82, 2.24) is 15.0 Å². The van der Waals surface area contributed by atoms with Crippen molar-refractivity contribution in [2.24, 2.45) is 0 Å². The maximum Gasteiger partial charge on any atom is 0.435 e. The zero-order valence-corrected chi connectivity index (χ0v) is 17.4. The highest BCUT2D eigenvalue weighted by atomic mass is 16.6. The lowest BCUT2D eigenvalue weighted by Gasteiger charge is -2.38. The number of carbonyl (C=O) groups excluding carboxylic acids is 2. The van der Waals surface area contributed by atoms with Crippen molar-refractivity contribution in [2.45, 2.75) is 78.0 Å². The lowest BCUT2D eigenvalue weighted by atomic mass is 9.92. The van der Waals surface area contributed by atoms with E-state index in [1.54, 1.807) is 59.8 Å². The molecule has 0 aromatic carbocycles. The van der Waals surface area contributed by atoms with Gasteiger partial charge in [0.1, 0.15) is 11.2 Å². The van der Waals surface area contributed by atoms with Gasteiger partial charge in [-0.1, -0.05) is 6.07 Å². The molecule has 0 unspecified atom stereocenters. The molecule has 0 saturated heterocycles. The van der Waals surface area contributed by atoms with Crippen LogP contribution < -0.4 is 0 Å². The fourth-order valence-electron chi connectivity index (χ4n) is 3.03. The molecule has 2 rings (SSSR count). The third kappa shape index (κ3) is 5.66. The number of aromatic nitrogens is 1. The van der Waals surface area contributed by atoms with Crippen LogP contribution in [0.2, 0.25) is 0 Å². The Morgan fingerprint density at radius 2 is 1.63 bits per heavy atom. The molecule has 1 atom stereocenters. The molecule has 150 valence electrons. The van der Waals surface area contributed by atoms with Gasteiger partial charge in [-0.05, 0) is 72.4 Å². The van der Waals surface area contributed by atoms with Gasteiger partial charge in [0.05, 0.1) is 11.7 Å². The van der Waals surface area contributed by atoms with Crippen molar-refractivity contribution in [3.05, 3.63) is 29.6 Å². The second-order valence-corrected chi connectivity index (χ2v) is 8.80. The van der Waals surface area contributed by atoms with Crippen molar-refractivity contribution in [1.29, 1.82) is 0 Å². The van der Waals surface area contributed by atoms with Crippen LogP contribution in [0.15, 0.2) is 18.3 Å². The van der Waals surface area contributed by atoms with Crippen LogP contribution in [0.3, 0.4) is 0 Å². The molecule has 1 heterocycles. The summed E-state index contributed by atoms with van der Waals surface area (Å²) in [6, 6.07) is 3.73. The van der Waals surface area contributed by atoms with E-state index in [2.05, 4.69) is 4.98 Å². The van der Waals surface area contributed by atoms with E-state index in [9.17, 15) is 9.59 Å². The van der Waals surface area contributed by atoms with Gasteiger partial charge in [0.25, 0.3) is 0 Å². The third-order valence-corrected chi connectivity index (χ3v) is 4.06. The summed E-state index contributed by atoms with van der Waals surface area (Å²) in [4.78, 5) is 30.1. The zero-order chi connectivity index (χ0) is 20.4. The molecule has 0 aliphatic heterocycles. The summed E-state index contributed by atoms with van der Waals surface area (Å²) >= 11 is 0. The largest absolute Gasteiger partial charge is 0.442 e. The van der Waals surface area contributed by atoms with Crippen LogP contribution in [-0.4, -0.2) is 45.4 Å². The third-order valence-electron chi connectivity index (χ3n) is 4.06. The van der Waals surface area contributed by atoms with Gasteiger partial charge < -0.3 is 9.47 Å². The molecule has 0 N–H and O–H groups in total. The standard InChI is InChI=1S/C20H31N3O4/c1-19(2,3)26-17(24)23(18(25)27-20(4,5)6)22(7)15-12-8-10-14-11-9-13-21-16(14)15/h9,11,13,15H,8,10,12H2,1-7H3/t15-/m0/s1. The first-order chi connectivity index (χ1) is 12.4. The SMILES string of the molecule is CN([C@H]1CCCc2cccnc21)N(C(=O)OC(C)(C)C)C(=O)OC(C)(C)C. The summed E-state index contributed by atoms with van der Waals surface area (Å²) in [6.07, 6.45) is 2.87. The lowest BCUT2D eigenvalue weighted by molar-refractivity contribution is -0.0699. The molecular weight excluding hydrogens is 346 g/mol. The first-order valence-electron chi connectivity index (χ1n) is 9.31. The van der Waals surface area contributed by atoms with E-state index < -0.39 is 23.4 Å². The highest BCUT2D eigenvalue weighted by molar-refractivity contribution is 5.87. The average molecular weight is 377 g/mol. The van der Waals surface area contributed by atoms with E-state index >= 15 is 0 Å². The number of hydrogen-bond acceptors (Lipinski definition) is 6. The minimum atomic E-state index is -0.762. The van der Waals surface area contributed by atoms with Gasteiger partial charge in [0, 0.05) is 13.2 Å². The number of hydrazine groups is 1. The van der Waals surface area contributed by atoms with Crippen molar-refractivity contribution >= 4 is 12.2 Å². The molecule has 7 heteroatoms. The second-order valence-electron chi connectivity index (χ2n) is 8.80. The van der Waals surface area contributed by atoms with Crippen LogP contribution in [0.4, 0.5) is 9.59 Å². The molecule has 0 fully saturated rings. The van der Waals surface area contributed by atoms with Gasteiger partial charge in [0.15, 0.2) is 0 Å². The van der Waals surface area contributed by atoms with Crippen LogP contribution in [0.5, 0.6) is 0 Å². The first-order valence-corrected chi connectivity index (χ1v) is 9.31. The van der Waals surface area contributed by atoms with E-state index in [4.69, 9.17) is 9.47 Å². The first kappa shape index (κ1) is 21.2. The average Bonchev–Trinajstić information content (AvgIpc) is 2.50. The van der Waals surface area contributed by atoms with Crippen LogP contribution in [0, 0.1) is 0 Å². The molecule has 7 nitrogen and oxygen atoms in total. The molecule has 27 heavy (non-hydrogen) atoms. The smallest absolute Gasteiger partial charge is 0.435 e. The summed E-state index contributed by atoms with van der Waals surface area (Å²) in [6.45, 7) is 10.6. The second kappa shape index (κ2) is 7.84. The normalized spacial score (nSPS) is 17.3. The highest BCUT2D eigenvalue weighted by Crippen LogP contribution is 2.33.